The quantitative estimate of drug-likeness (QED) is 0.152. The van der Waals surface area contributed by atoms with Crippen LogP contribution in [-0.4, -0.2) is 57.3 Å². The zero-order chi connectivity index (χ0) is 30.3. The summed E-state index contributed by atoms with van der Waals surface area (Å²) in [5.74, 6) is 1.54. The molecule has 11 nitrogen and oxygen atoms in total. The first-order valence-corrected chi connectivity index (χ1v) is 14.9. The molecule has 5 rings (SSSR count). The van der Waals surface area contributed by atoms with Crippen LogP contribution in [0.25, 0.3) is 5.65 Å². The number of rotatable bonds is 11. The third-order valence-corrected chi connectivity index (χ3v) is 7.64. The van der Waals surface area contributed by atoms with Gasteiger partial charge in [0.05, 0.1) is 12.3 Å². The Morgan fingerprint density at radius 1 is 1.07 bits per heavy atom. The van der Waals surface area contributed by atoms with E-state index in [0.29, 0.717) is 43.0 Å². The maximum Gasteiger partial charge on any atom is 0.255 e. The Bertz CT molecular complexity index is 1580. The number of amides is 2. The van der Waals surface area contributed by atoms with Crippen molar-refractivity contribution in [2.24, 2.45) is 5.92 Å². The third-order valence-electron chi connectivity index (χ3n) is 7.64. The predicted molar refractivity (Wildman–Crippen MR) is 170 cm³/mol. The van der Waals surface area contributed by atoms with Gasteiger partial charge in [-0.05, 0) is 54.8 Å². The number of hydrogen-bond acceptors (Lipinski definition) is 8. The summed E-state index contributed by atoms with van der Waals surface area (Å²) >= 11 is 0. The van der Waals surface area contributed by atoms with Crippen LogP contribution in [0.1, 0.15) is 61.0 Å². The molecule has 226 valence electrons. The molecule has 3 heterocycles. The van der Waals surface area contributed by atoms with Crippen LogP contribution in [0.4, 0.5) is 23.0 Å². The van der Waals surface area contributed by atoms with Crippen molar-refractivity contribution in [3.05, 3.63) is 77.5 Å². The fraction of sp³-hybridized carbons (Fsp3) is 0.375. The van der Waals surface area contributed by atoms with E-state index in [1.54, 1.807) is 31.2 Å². The van der Waals surface area contributed by atoms with E-state index in [2.05, 4.69) is 45.5 Å². The molecule has 0 aliphatic carbocycles. The lowest BCUT2D eigenvalue weighted by Gasteiger charge is -2.28. The maximum atomic E-state index is 13.0. The molecule has 2 aromatic heterocycles. The van der Waals surface area contributed by atoms with E-state index in [0.717, 1.165) is 41.4 Å². The number of benzene rings is 2. The largest absolute Gasteiger partial charge is 0.391 e. The average Bonchev–Trinajstić information content (AvgIpc) is 3.44. The monoisotopic (exact) mass is 584 g/mol. The summed E-state index contributed by atoms with van der Waals surface area (Å²) in [7, 11) is 0. The molecular formula is C32H40N8O3. The minimum absolute atomic E-state index is 0.108. The van der Waals surface area contributed by atoms with E-state index in [9.17, 15) is 14.7 Å². The zero-order valence-electron chi connectivity index (χ0n) is 24.9. The van der Waals surface area contributed by atoms with Crippen molar-refractivity contribution in [2.75, 3.05) is 40.9 Å². The van der Waals surface area contributed by atoms with Gasteiger partial charge in [-0.25, -0.2) is 4.98 Å². The molecule has 2 aromatic carbocycles. The highest BCUT2D eigenvalue weighted by atomic mass is 16.3. The van der Waals surface area contributed by atoms with Gasteiger partial charge in [0.1, 0.15) is 11.6 Å². The van der Waals surface area contributed by atoms with Gasteiger partial charge in [0.15, 0.2) is 5.65 Å². The van der Waals surface area contributed by atoms with Gasteiger partial charge in [0.2, 0.25) is 5.91 Å². The number of hydrogen-bond donors (Lipinski definition) is 6. The normalized spacial score (nSPS) is 16.7. The third kappa shape index (κ3) is 7.49. The summed E-state index contributed by atoms with van der Waals surface area (Å²) in [6.07, 6.45) is 2.74. The number of carbonyl (C=O) groups is 2. The van der Waals surface area contributed by atoms with E-state index < -0.39 is 0 Å². The maximum absolute atomic E-state index is 13.0. The van der Waals surface area contributed by atoms with Gasteiger partial charge in [-0.15, -0.1) is 0 Å². The first kappa shape index (κ1) is 30.0. The van der Waals surface area contributed by atoms with Crippen LogP contribution in [0.5, 0.6) is 0 Å². The van der Waals surface area contributed by atoms with E-state index in [1.807, 2.05) is 41.0 Å². The second-order valence-corrected chi connectivity index (χ2v) is 11.2. The van der Waals surface area contributed by atoms with Crippen LogP contribution in [-0.2, 0) is 11.3 Å². The van der Waals surface area contributed by atoms with Gasteiger partial charge in [0, 0.05) is 60.5 Å². The lowest BCUT2D eigenvalue weighted by atomic mass is 9.95. The molecule has 1 aliphatic heterocycles. The van der Waals surface area contributed by atoms with Crippen molar-refractivity contribution in [3.8, 4) is 0 Å². The number of β-amino-alcohol motifs (C(OH)–C–C–N with tert-alkyl or cyclic N) is 1. The van der Waals surface area contributed by atoms with Crippen molar-refractivity contribution in [1.29, 1.82) is 0 Å². The number of piperidine rings is 1. The summed E-state index contributed by atoms with van der Waals surface area (Å²) in [6, 6.07) is 16.5. The first-order chi connectivity index (χ1) is 20.8. The number of aromatic nitrogens is 3. The molecule has 11 heteroatoms. The Hall–Kier alpha value is -4.48. The molecule has 6 N–H and O–H groups in total. The Kier molecular flexibility index (Phi) is 9.53. The van der Waals surface area contributed by atoms with Crippen LogP contribution in [0, 0.1) is 5.92 Å². The van der Waals surface area contributed by atoms with Gasteiger partial charge in [-0.1, -0.05) is 39.0 Å². The number of aliphatic hydroxyl groups is 1. The van der Waals surface area contributed by atoms with Gasteiger partial charge in [-0.2, -0.15) is 9.61 Å². The van der Waals surface area contributed by atoms with E-state index in [1.165, 1.54) is 0 Å². The molecule has 1 fully saturated rings. The number of carbonyl (C=O) groups excluding carboxylic acids is 2. The number of fused-ring (bicyclic) bond motifs is 1. The summed E-state index contributed by atoms with van der Waals surface area (Å²) in [6.45, 7) is 8.64. The molecule has 1 aliphatic rings. The molecule has 0 saturated carbocycles. The number of anilines is 4. The molecular weight excluding hydrogens is 544 g/mol. The molecule has 0 radical (unpaired) electrons. The number of nitrogens with one attached hydrogen (secondary N) is 5. The summed E-state index contributed by atoms with van der Waals surface area (Å²) in [5, 5.41) is 30.9. The molecule has 4 aromatic rings. The average molecular weight is 585 g/mol. The molecule has 1 saturated heterocycles. The van der Waals surface area contributed by atoms with Crippen LogP contribution < -0.4 is 26.6 Å². The van der Waals surface area contributed by atoms with Crippen LogP contribution >= 0.6 is 0 Å². The van der Waals surface area contributed by atoms with Gasteiger partial charge in [-0.3, -0.25) is 9.59 Å². The highest BCUT2D eigenvalue weighted by Gasteiger charge is 2.23. The minimum Gasteiger partial charge on any atom is -0.391 e. The molecule has 43 heavy (non-hydrogen) atoms. The fourth-order valence-corrected chi connectivity index (χ4v) is 5.12. The summed E-state index contributed by atoms with van der Waals surface area (Å²) in [5.41, 5.74) is 4.50. The Morgan fingerprint density at radius 2 is 1.86 bits per heavy atom. The molecule has 2 amide bonds. The van der Waals surface area contributed by atoms with E-state index >= 15 is 0 Å². The highest BCUT2D eigenvalue weighted by molar-refractivity contribution is 6.05. The van der Waals surface area contributed by atoms with Crippen molar-refractivity contribution in [3.63, 3.8) is 0 Å². The molecule has 2 atom stereocenters. The smallest absolute Gasteiger partial charge is 0.255 e. The molecule has 0 unspecified atom stereocenters. The van der Waals surface area contributed by atoms with Crippen molar-refractivity contribution < 1.29 is 14.7 Å². The van der Waals surface area contributed by atoms with Crippen molar-refractivity contribution in [2.45, 2.75) is 52.2 Å². The van der Waals surface area contributed by atoms with Gasteiger partial charge < -0.3 is 31.7 Å². The molecule has 0 spiro atoms. The number of aliphatic hydroxyl groups excluding tert-OH is 1. The van der Waals surface area contributed by atoms with Crippen LogP contribution in [0.3, 0.4) is 0 Å². The summed E-state index contributed by atoms with van der Waals surface area (Å²) in [4.78, 5) is 29.6. The zero-order valence-corrected chi connectivity index (χ0v) is 24.9. The first-order valence-electron chi connectivity index (χ1n) is 14.9. The van der Waals surface area contributed by atoms with Crippen LogP contribution in [0.15, 0.2) is 60.8 Å². The number of nitrogens with zero attached hydrogens (tertiary/aromatic N) is 3. The second kappa shape index (κ2) is 13.7. The minimum atomic E-state index is -0.387. The Balaban J connectivity index is 1.29. The van der Waals surface area contributed by atoms with Gasteiger partial charge in [0.25, 0.3) is 5.91 Å². The lowest BCUT2D eigenvalue weighted by Crippen LogP contribution is -2.43. The van der Waals surface area contributed by atoms with E-state index in [4.69, 9.17) is 4.98 Å². The highest BCUT2D eigenvalue weighted by Crippen LogP contribution is 2.25. The SMILES string of the molecule is CCC(=O)Nc1cccc(C(=O)Nc2cccc(CNc3cc(NC[C@H]4CCNC[C@@H]4O)nc4c(C(C)C)cnn34)c2)c1. The second-order valence-electron chi connectivity index (χ2n) is 11.2. The van der Waals surface area contributed by atoms with E-state index in [-0.39, 0.29) is 29.8 Å². The Morgan fingerprint density at radius 3 is 2.63 bits per heavy atom. The standard InChI is InChI=1S/C32H40N8O3/c1-4-30(42)37-25-10-6-8-22(14-25)32(43)38-24-9-5-7-21(13-24)16-35-29-15-28(34-17-23-11-12-33-19-27(23)41)39-31-26(20(2)3)18-36-40(29)31/h5-10,13-15,18,20,23,27,33,35,41H,4,11-12,16-17,19H2,1-3H3,(H,34,39)(H,37,42)(H,38,43)/t23-,27+/m1/s1. The summed E-state index contributed by atoms with van der Waals surface area (Å²) < 4.78 is 1.82. The van der Waals surface area contributed by atoms with Crippen molar-refractivity contribution >= 4 is 40.5 Å². The lowest BCUT2D eigenvalue weighted by molar-refractivity contribution is -0.115. The van der Waals surface area contributed by atoms with Crippen LogP contribution in [0.2, 0.25) is 0 Å². The molecule has 0 bridgehead atoms. The fourth-order valence-electron chi connectivity index (χ4n) is 5.12. The Labute approximate surface area is 251 Å². The topological polar surface area (TPSA) is 145 Å². The predicted octanol–water partition coefficient (Wildman–Crippen LogP) is 4.45. The van der Waals surface area contributed by atoms with Crippen molar-refractivity contribution in [1.82, 2.24) is 19.9 Å². The van der Waals surface area contributed by atoms with Gasteiger partial charge >= 0.3 is 0 Å².